The minimum absolute atomic E-state index is 0.0494. The predicted octanol–water partition coefficient (Wildman–Crippen LogP) is 4.11. The molecule has 0 amide bonds. The number of carbonyl (C=O) groups is 2. The molecule has 1 aromatic heterocycles. The molecule has 0 aliphatic carbocycles. The molecule has 1 atom stereocenters. The van der Waals surface area contributed by atoms with Gasteiger partial charge in [-0.1, -0.05) is 23.7 Å². The molecule has 4 nitrogen and oxygen atoms in total. The van der Waals surface area contributed by atoms with Crippen LogP contribution in [-0.4, -0.2) is 22.9 Å². The smallest absolute Gasteiger partial charge is 0.302 e. The molecule has 122 valence electrons. The first-order chi connectivity index (χ1) is 10.8. The van der Waals surface area contributed by atoms with Gasteiger partial charge in [-0.05, 0) is 39.0 Å². The predicted molar refractivity (Wildman–Crippen MR) is 90.1 cm³/mol. The van der Waals surface area contributed by atoms with Gasteiger partial charge in [0, 0.05) is 29.4 Å². The van der Waals surface area contributed by atoms with Crippen molar-refractivity contribution >= 4 is 23.4 Å². The molecule has 0 radical (unpaired) electrons. The summed E-state index contributed by atoms with van der Waals surface area (Å²) >= 11 is 6.13. The van der Waals surface area contributed by atoms with Crippen LogP contribution in [0, 0.1) is 13.8 Å². The van der Waals surface area contributed by atoms with Crippen LogP contribution in [0.4, 0.5) is 0 Å². The van der Waals surface area contributed by atoms with Crippen LogP contribution in [0.1, 0.15) is 47.2 Å². The van der Waals surface area contributed by atoms with E-state index in [2.05, 4.69) is 0 Å². The van der Waals surface area contributed by atoms with Crippen LogP contribution in [0.2, 0.25) is 5.02 Å². The van der Waals surface area contributed by atoms with E-state index in [0.717, 1.165) is 11.4 Å². The topological polar surface area (TPSA) is 48.3 Å². The van der Waals surface area contributed by atoms with Crippen molar-refractivity contribution in [2.75, 3.05) is 6.61 Å². The monoisotopic (exact) mass is 333 g/mol. The summed E-state index contributed by atoms with van der Waals surface area (Å²) in [6.45, 7) is 7.43. The van der Waals surface area contributed by atoms with E-state index in [0.29, 0.717) is 16.1 Å². The summed E-state index contributed by atoms with van der Waals surface area (Å²) in [5, 5.41) is 0.440. The van der Waals surface area contributed by atoms with Gasteiger partial charge in [0.15, 0.2) is 5.78 Å². The maximum Gasteiger partial charge on any atom is 0.302 e. The molecular formula is C18H20ClNO3. The third-order valence-corrected chi connectivity index (χ3v) is 4.15. The van der Waals surface area contributed by atoms with Crippen molar-refractivity contribution < 1.29 is 14.3 Å². The molecule has 0 N–H and O–H groups in total. The molecule has 5 heteroatoms. The van der Waals surface area contributed by atoms with Gasteiger partial charge < -0.3 is 9.30 Å². The number of aromatic nitrogens is 1. The van der Waals surface area contributed by atoms with Gasteiger partial charge >= 0.3 is 5.97 Å². The summed E-state index contributed by atoms with van der Waals surface area (Å²) in [6, 6.07) is 8.82. The van der Waals surface area contributed by atoms with Gasteiger partial charge in [-0.25, -0.2) is 0 Å². The Morgan fingerprint density at radius 1 is 1.22 bits per heavy atom. The number of ether oxygens (including phenoxy) is 1. The number of nitrogens with zero attached hydrogens (tertiary/aromatic N) is 1. The van der Waals surface area contributed by atoms with Crippen LogP contribution in [0.5, 0.6) is 0 Å². The average molecular weight is 334 g/mol. The van der Waals surface area contributed by atoms with Crippen molar-refractivity contribution in [1.82, 2.24) is 4.57 Å². The number of hydrogen-bond donors (Lipinski definition) is 0. The number of halogens is 1. The van der Waals surface area contributed by atoms with Gasteiger partial charge in [0.25, 0.3) is 0 Å². The Labute approximate surface area is 141 Å². The van der Waals surface area contributed by atoms with E-state index >= 15 is 0 Å². The fraction of sp³-hybridized carbons (Fsp3) is 0.333. The summed E-state index contributed by atoms with van der Waals surface area (Å²) < 4.78 is 7.08. The fourth-order valence-corrected chi connectivity index (χ4v) is 3.01. The maximum absolute atomic E-state index is 12.8. The number of carbonyl (C=O) groups excluding carboxylic acids is 2. The van der Waals surface area contributed by atoms with Gasteiger partial charge in [-0.15, -0.1) is 0 Å². The zero-order valence-electron chi connectivity index (χ0n) is 13.7. The van der Waals surface area contributed by atoms with Crippen molar-refractivity contribution in [3.8, 4) is 0 Å². The lowest BCUT2D eigenvalue weighted by Gasteiger charge is -2.18. The van der Waals surface area contributed by atoms with Crippen LogP contribution >= 0.6 is 11.6 Å². The minimum Gasteiger partial charge on any atom is -0.464 e. The fourth-order valence-electron chi connectivity index (χ4n) is 2.79. The molecule has 0 aliphatic heterocycles. The van der Waals surface area contributed by atoms with Crippen molar-refractivity contribution in [2.45, 2.75) is 33.7 Å². The number of rotatable bonds is 5. The van der Waals surface area contributed by atoms with Crippen LogP contribution in [0.15, 0.2) is 30.3 Å². The minimum atomic E-state index is -0.313. The standard InChI is InChI=1S/C18H20ClNO3/c1-11-9-16(18(22)15-7-5-6-8-17(15)19)13(3)20(11)12(2)10-23-14(4)21/h5-9,12H,10H2,1-4H3. The first-order valence-electron chi connectivity index (χ1n) is 7.44. The third kappa shape index (κ3) is 3.64. The molecule has 2 aromatic rings. The molecule has 0 aliphatic rings. The number of aryl methyl sites for hydroxylation is 1. The second kappa shape index (κ2) is 7.01. The zero-order chi connectivity index (χ0) is 17.1. The van der Waals surface area contributed by atoms with E-state index in [-0.39, 0.29) is 24.4 Å². The Hall–Kier alpha value is -2.07. The normalized spacial score (nSPS) is 12.0. The highest BCUT2D eigenvalue weighted by atomic mass is 35.5. The lowest BCUT2D eigenvalue weighted by Crippen LogP contribution is -2.17. The lowest BCUT2D eigenvalue weighted by atomic mass is 10.0. The van der Waals surface area contributed by atoms with Crippen LogP contribution in [-0.2, 0) is 9.53 Å². The summed E-state index contributed by atoms with van der Waals surface area (Å²) in [5.74, 6) is -0.415. The molecule has 1 aromatic carbocycles. The quantitative estimate of drug-likeness (QED) is 0.611. The number of ketones is 1. The molecule has 0 bridgehead atoms. The van der Waals surface area contributed by atoms with Gasteiger partial charge in [-0.3, -0.25) is 9.59 Å². The molecule has 0 spiro atoms. The molecule has 23 heavy (non-hydrogen) atoms. The van der Waals surface area contributed by atoms with E-state index in [9.17, 15) is 9.59 Å². The van der Waals surface area contributed by atoms with Gasteiger partial charge in [0.2, 0.25) is 0 Å². The summed E-state index contributed by atoms with van der Waals surface area (Å²) in [7, 11) is 0. The van der Waals surface area contributed by atoms with Crippen LogP contribution < -0.4 is 0 Å². The van der Waals surface area contributed by atoms with Crippen LogP contribution in [0.3, 0.4) is 0 Å². The average Bonchev–Trinajstić information content (AvgIpc) is 2.79. The highest BCUT2D eigenvalue weighted by Crippen LogP contribution is 2.25. The Morgan fingerprint density at radius 2 is 1.87 bits per heavy atom. The van der Waals surface area contributed by atoms with E-state index in [1.165, 1.54) is 6.92 Å². The third-order valence-electron chi connectivity index (χ3n) is 3.82. The molecule has 1 heterocycles. The number of hydrogen-bond acceptors (Lipinski definition) is 3. The summed E-state index contributed by atoms with van der Waals surface area (Å²) in [6.07, 6.45) is 0. The summed E-state index contributed by atoms with van der Waals surface area (Å²) in [5.41, 5.74) is 2.89. The molecular weight excluding hydrogens is 314 g/mol. The largest absolute Gasteiger partial charge is 0.464 e. The zero-order valence-corrected chi connectivity index (χ0v) is 14.5. The second-order valence-electron chi connectivity index (χ2n) is 5.62. The highest BCUT2D eigenvalue weighted by molar-refractivity contribution is 6.35. The molecule has 1 unspecified atom stereocenters. The van der Waals surface area contributed by atoms with Gasteiger partial charge in [-0.2, -0.15) is 0 Å². The Balaban J connectivity index is 2.36. The molecule has 0 saturated heterocycles. The van der Waals surface area contributed by atoms with E-state index in [1.54, 1.807) is 24.3 Å². The highest BCUT2D eigenvalue weighted by Gasteiger charge is 2.21. The van der Waals surface area contributed by atoms with Gasteiger partial charge in [0.1, 0.15) is 6.61 Å². The molecule has 0 saturated carbocycles. The lowest BCUT2D eigenvalue weighted by molar-refractivity contribution is -0.141. The van der Waals surface area contributed by atoms with Gasteiger partial charge in [0.05, 0.1) is 11.1 Å². The molecule has 0 fully saturated rings. The first-order valence-corrected chi connectivity index (χ1v) is 7.81. The summed E-state index contributed by atoms with van der Waals surface area (Å²) in [4.78, 5) is 23.7. The number of benzene rings is 1. The first kappa shape index (κ1) is 17.3. The van der Waals surface area contributed by atoms with Crippen molar-refractivity contribution in [1.29, 1.82) is 0 Å². The van der Waals surface area contributed by atoms with E-state index < -0.39 is 0 Å². The van der Waals surface area contributed by atoms with Crippen LogP contribution in [0.25, 0.3) is 0 Å². The van der Waals surface area contributed by atoms with Crippen molar-refractivity contribution in [3.05, 3.63) is 57.9 Å². The SMILES string of the molecule is CC(=O)OCC(C)n1c(C)cc(C(=O)c2ccccc2Cl)c1C. The van der Waals surface area contributed by atoms with Crippen molar-refractivity contribution in [3.63, 3.8) is 0 Å². The van der Waals surface area contributed by atoms with E-state index in [1.807, 2.05) is 31.4 Å². The maximum atomic E-state index is 12.8. The van der Waals surface area contributed by atoms with Crippen molar-refractivity contribution in [2.24, 2.45) is 0 Å². The Kier molecular flexibility index (Phi) is 5.26. The molecule has 2 rings (SSSR count). The number of esters is 1. The van der Waals surface area contributed by atoms with E-state index in [4.69, 9.17) is 16.3 Å². The second-order valence-corrected chi connectivity index (χ2v) is 6.02. The Bertz CT molecular complexity index is 749. The Morgan fingerprint density at radius 3 is 2.48 bits per heavy atom.